The van der Waals surface area contributed by atoms with Crippen LogP contribution in [0.5, 0.6) is 11.5 Å². The van der Waals surface area contributed by atoms with Gasteiger partial charge in [-0.3, -0.25) is 4.90 Å². The first-order valence-electron chi connectivity index (χ1n) is 16.6. The van der Waals surface area contributed by atoms with E-state index in [0.717, 1.165) is 0 Å². The van der Waals surface area contributed by atoms with Crippen molar-refractivity contribution in [2.45, 2.75) is 97.1 Å². The summed E-state index contributed by atoms with van der Waals surface area (Å²) >= 11 is 0. The van der Waals surface area contributed by atoms with E-state index in [9.17, 15) is 14.7 Å². The number of aromatic nitrogens is 1. The number of hydrogen-bond acceptors (Lipinski definition) is 11. The lowest BCUT2D eigenvalue weighted by Gasteiger charge is -2.26. The molecule has 2 aliphatic rings. The number of fused-ring (bicyclic) bond motifs is 2. The van der Waals surface area contributed by atoms with Crippen LogP contribution in [0, 0.1) is 5.92 Å². The van der Waals surface area contributed by atoms with Crippen LogP contribution in [-0.2, 0) is 23.7 Å². The molecule has 0 spiro atoms. The Labute approximate surface area is 288 Å². The average molecular weight is 683 g/mol. The fraction of sp³-hybridized carbons (Fsp3) is 0.541. The largest absolute Gasteiger partial charge is 0.493 e. The molecule has 1 saturated heterocycles. The molecule has 2 aromatic rings. The maximum atomic E-state index is 13.7. The lowest BCUT2D eigenvalue weighted by Crippen LogP contribution is -2.38. The molecule has 12 nitrogen and oxygen atoms in total. The van der Waals surface area contributed by atoms with Gasteiger partial charge in [-0.2, -0.15) is 0 Å². The first-order valence-corrected chi connectivity index (χ1v) is 16.6. The van der Waals surface area contributed by atoms with Gasteiger partial charge in [0.05, 0.1) is 12.7 Å². The minimum Gasteiger partial charge on any atom is -0.493 e. The third-order valence-electron chi connectivity index (χ3n) is 7.85. The van der Waals surface area contributed by atoms with Gasteiger partial charge < -0.3 is 38.3 Å². The molecule has 1 aromatic heterocycles. The Kier molecular flexibility index (Phi) is 12.8. The van der Waals surface area contributed by atoms with E-state index in [1.165, 1.54) is 12.0 Å². The molecule has 5 atom stereocenters. The predicted molar refractivity (Wildman–Crippen MR) is 184 cm³/mol. The Morgan fingerprint density at radius 3 is 2.59 bits per heavy atom. The first kappa shape index (κ1) is 37.8. The standard InChI is InChI=1S/C37H50N2O10/c1-24-16-17-28(40)33-29(47-37(6,7)48-33)14-11-13-26-21-27(22-30(45-23-43-8)32(26)34(41)46-25(24)2)44-20-12-19-39(31-15-9-10-18-38-31)35(42)49-36(3,4)5/h9-11,13,15-18,21-22,24-25,28-29,33,40H,12,14,19-20,23H2,1-8H3/b13-11?,17-16-/t24-,25?,28?,29?,33?/m1/s1. The summed E-state index contributed by atoms with van der Waals surface area (Å²) in [7, 11) is 1.49. The van der Waals surface area contributed by atoms with Crippen LogP contribution < -0.4 is 14.4 Å². The van der Waals surface area contributed by atoms with Gasteiger partial charge >= 0.3 is 12.1 Å². The minimum atomic E-state index is -0.918. The molecule has 0 radical (unpaired) electrons. The van der Waals surface area contributed by atoms with Crippen molar-refractivity contribution in [3.63, 3.8) is 0 Å². The molecule has 12 heteroatoms. The number of benzene rings is 1. The molecule has 1 fully saturated rings. The van der Waals surface area contributed by atoms with Gasteiger partial charge in [-0.05, 0) is 78.1 Å². The number of anilines is 1. The fourth-order valence-corrected chi connectivity index (χ4v) is 5.38. The molecule has 0 saturated carbocycles. The van der Waals surface area contributed by atoms with Crippen molar-refractivity contribution < 1.29 is 47.9 Å². The van der Waals surface area contributed by atoms with Crippen LogP contribution in [0.15, 0.2) is 54.8 Å². The van der Waals surface area contributed by atoms with E-state index in [-0.39, 0.29) is 37.2 Å². The van der Waals surface area contributed by atoms with E-state index < -0.39 is 47.9 Å². The van der Waals surface area contributed by atoms with Crippen molar-refractivity contribution in [1.82, 2.24) is 4.98 Å². The first-order chi connectivity index (χ1) is 23.2. The number of carbonyl (C=O) groups is 2. The van der Waals surface area contributed by atoms with Crippen LogP contribution in [0.1, 0.15) is 77.2 Å². The van der Waals surface area contributed by atoms with Gasteiger partial charge in [0.15, 0.2) is 12.6 Å². The summed E-state index contributed by atoms with van der Waals surface area (Å²) in [5, 5.41) is 11.0. The highest BCUT2D eigenvalue weighted by molar-refractivity contribution is 5.97. The van der Waals surface area contributed by atoms with Crippen LogP contribution in [-0.4, -0.2) is 85.0 Å². The van der Waals surface area contributed by atoms with Gasteiger partial charge in [0.2, 0.25) is 0 Å². The molecule has 268 valence electrons. The number of esters is 1. The second-order valence-electron chi connectivity index (χ2n) is 13.6. The molecule has 1 amide bonds. The zero-order chi connectivity index (χ0) is 35.8. The normalized spacial score (nSPS) is 24.5. The number of amides is 1. The molecule has 0 bridgehead atoms. The zero-order valence-corrected chi connectivity index (χ0v) is 29.7. The second kappa shape index (κ2) is 16.6. The minimum absolute atomic E-state index is 0.113. The number of cyclic esters (lactones) is 1. The number of carbonyl (C=O) groups excluding carboxylic acids is 2. The second-order valence-corrected chi connectivity index (χ2v) is 13.6. The van der Waals surface area contributed by atoms with Gasteiger partial charge in [-0.1, -0.05) is 37.3 Å². The number of aliphatic hydroxyl groups is 1. The molecule has 0 aliphatic carbocycles. The van der Waals surface area contributed by atoms with E-state index in [1.54, 1.807) is 55.6 Å². The Balaban J connectivity index is 1.61. The van der Waals surface area contributed by atoms with Crippen molar-refractivity contribution in [3.8, 4) is 11.5 Å². The third kappa shape index (κ3) is 10.8. The van der Waals surface area contributed by atoms with Gasteiger partial charge in [-0.15, -0.1) is 0 Å². The van der Waals surface area contributed by atoms with Gasteiger partial charge in [0.1, 0.15) is 46.8 Å². The number of pyridine rings is 1. The number of rotatable bonds is 9. The molecule has 1 N–H and O–H groups in total. The molecule has 2 aliphatic heterocycles. The van der Waals surface area contributed by atoms with Crippen LogP contribution in [0.25, 0.3) is 6.08 Å². The van der Waals surface area contributed by atoms with Gasteiger partial charge in [0, 0.05) is 31.8 Å². The van der Waals surface area contributed by atoms with Crippen molar-refractivity contribution in [1.29, 1.82) is 0 Å². The highest BCUT2D eigenvalue weighted by atomic mass is 16.8. The number of nitrogens with zero attached hydrogens (tertiary/aromatic N) is 2. The molecule has 49 heavy (non-hydrogen) atoms. The summed E-state index contributed by atoms with van der Waals surface area (Å²) in [6.07, 6.45) is 6.59. The van der Waals surface area contributed by atoms with Crippen LogP contribution in [0.2, 0.25) is 0 Å². The summed E-state index contributed by atoms with van der Waals surface area (Å²) in [5.74, 6) is -0.540. The van der Waals surface area contributed by atoms with E-state index in [2.05, 4.69) is 4.98 Å². The summed E-state index contributed by atoms with van der Waals surface area (Å²) in [5.41, 5.74) is 0.0382. The molecular formula is C37H50N2O10. The third-order valence-corrected chi connectivity index (χ3v) is 7.85. The van der Waals surface area contributed by atoms with E-state index >= 15 is 0 Å². The SMILES string of the molecule is COCOc1cc(OCCCN(C(=O)OC(C)(C)C)c2ccccn2)cc2c1C(=O)OC(C)[C@H](C)/C=C\C(O)C1OC(C)(C)OC1CC=C2. The quantitative estimate of drug-likeness (QED) is 0.138. The highest BCUT2D eigenvalue weighted by Gasteiger charge is 2.43. The molecular weight excluding hydrogens is 632 g/mol. The Bertz CT molecular complexity index is 1470. The molecule has 1 aromatic carbocycles. The lowest BCUT2D eigenvalue weighted by molar-refractivity contribution is -0.152. The lowest BCUT2D eigenvalue weighted by atomic mass is 9.99. The average Bonchev–Trinajstić information content (AvgIpc) is 3.35. The number of methoxy groups -OCH3 is 1. The summed E-state index contributed by atoms with van der Waals surface area (Å²) in [4.78, 5) is 32.5. The van der Waals surface area contributed by atoms with E-state index in [0.29, 0.717) is 30.0 Å². The number of aliphatic hydroxyl groups excluding tert-OH is 1. The van der Waals surface area contributed by atoms with Gasteiger partial charge in [-0.25, -0.2) is 14.6 Å². The topological polar surface area (TPSA) is 135 Å². The smallest absolute Gasteiger partial charge is 0.416 e. The number of hydrogen-bond donors (Lipinski definition) is 1. The van der Waals surface area contributed by atoms with E-state index in [1.807, 2.05) is 53.7 Å². The molecule has 3 heterocycles. The monoisotopic (exact) mass is 682 g/mol. The van der Waals surface area contributed by atoms with Crippen molar-refractivity contribution in [3.05, 3.63) is 65.9 Å². The van der Waals surface area contributed by atoms with Crippen LogP contribution in [0.4, 0.5) is 10.6 Å². The predicted octanol–water partition coefficient (Wildman–Crippen LogP) is 6.31. The summed E-state index contributed by atoms with van der Waals surface area (Å²) < 4.78 is 40.9. The highest BCUT2D eigenvalue weighted by Crippen LogP contribution is 2.35. The van der Waals surface area contributed by atoms with Crippen molar-refractivity contribution in [2.24, 2.45) is 5.92 Å². The molecule has 4 rings (SSSR count). The fourth-order valence-electron chi connectivity index (χ4n) is 5.38. The van der Waals surface area contributed by atoms with Crippen molar-refractivity contribution in [2.75, 3.05) is 32.0 Å². The molecule has 4 unspecified atom stereocenters. The Morgan fingerprint density at radius 2 is 1.90 bits per heavy atom. The zero-order valence-electron chi connectivity index (χ0n) is 29.7. The van der Waals surface area contributed by atoms with Crippen LogP contribution in [0.3, 0.4) is 0 Å². The Hall–Kier alpha value is -3.97. The van der Waals surface area contributed by atoms with Crippen molar-refractivity contribution >= 4 is 24.0 Å². The maximum Gasteiger partial charge on any atom is 0.416 e. The summed E-state index contributed by atoms with van der Waals surface area (Å²) in [6, 6.07) is 8.68. The van der Waals surface area contributed by atoms with Crippen LogP contribution >= 0.6 is 0 Å². The maximum absolute atomic E-state index is 13.7. The van der Waals surface area contributed by atoms with Gasteiger partial charge in [0.25, 0.3) is 0 Å². The number of ether oxygens (including phenoxy) is 7. The Morgan fingerprint density at radius 1 is 1.12 bits per heavy atom. The summed E-state index contributed by atoms with van der Waals surface area (Å²) in [6.45, 7) is 13.1. The van der Waals surface area contributed by atoms with E-state index in [4.69, 9.17) is 33.2 Å².